The van der Waals surface area contributed by atoms with Crippen LogP contribution in [0.2, 0.25) is 0 Å². The van der Waals surface area contributed by atoms with Crippen LogP contribution >= 0.6 is 0 Å². The summed E-state index contributed by atoms with van der Waals surface area (Å²) in [5.74, 6) is -2.44. The third kappa shape index (κ3) is 13.7. The molecule has 29 heteroatoms. The fourth-order valence-corrected chi connectivity index (χ4v) is 12.2. The van der Waals surface area contributed by atoms with E-state index in [-0.39, 0.29) is 44.9 Å². The highest BCUT2D eigenvalue weighted by Gasteiger charge is 2.56. The molecule has 0 bridgehead atoms. The van der Waals surface area contributed by atoms with Crippen LogP contribution in [-0.4, -0.2) is 304 Å². The Hall–Kier alpha value is -1.87. The maximum atomic E-state index is 13.3. The predicted molar refractivity (Wildman–Crippen MR) is 251 cm³/mol. The molecule has 5 saturated heterocycles. The molecular formula is C49H80O29. The van der Waals surface area contributed by atoms with Crippen molar-refractivity contribution in [2.24, 2.45) is 17.8 Å². The summed E-state index contributed by atoms with van der Waals surface area (Å²) in [4.78, 5) is 13.3. The highest BCUT2D eigenvalue weighted by Crippen LogP contribution is 2.46. The molecule has 3 aliphatic carbocycles. The summed E-state index contributed by atoms with van der Waals surface area (Å²) in [6, 6.07) is 0. The molecule has 8 rings (SSSR count). The summed E-state index contributed by atoms with van der Waals surface area (Å²) in [5.41, 5.74) is 0. The third-order valence-electron chi connectivity index (χ3n) is 16.8. The number of aliphatic hydroxyl groups excluding tert-OH is 17. The Morgan fingerprint density at radius 3 is 1.55 bits per heavy atom. The minimum Gasteiger partial charge on any atom is -0.460 e. The van der Waals surface area contributed by atoms with Gasteiger partial charge in [0.15, 0.2) is 25.2 Å². The van der Waals surface area contributed by atoms with Crippen LogP contribution in [0.15, 0.2) is 12.2 Å². The fourth-order valence-electron chi connectivity index (χ4n) is 12.2. The van der Waals surface area contributed by atoms with Crippen molar-refractivity contribution < 1.29 is 144 Å². The van der Waals surface area contributed by atoms with Gasteiger partial charge in [0.2, 0.25) is 0 Å². The molecule has 450 valence electrons. The Kier molecular flexibility index (Phi) is 21.7. The van der Waals surface area contributed by atoms with Gasteiger partial charge in [0, 0.05) is 25.5 Å². The largest absolute Gasteiger partial charge is 0.460 e. The second-order valence-corrected chi connectivity index (χ2v) is 21.9. The topological polar surface area (TPSA) is 463 Å². The molecule has 12 unspecified atom stereocenters. The Labute approximate surface area is 447 Å². The van der Waals surface area contributed by atoms with Crippen molar-refractivity contribution >= 4 is 5.97 Å². The number of hydrogen-bond donors (Lipinski definition) is 17. The molecule has 0 aromatic carbocycles. The summed E-state index contributed by atoms with van der Waals surface area (Å²) in [6.45, 7) is -2.97. The average molecular weight is 1130 g/mol. The lowest BCUT2D eigenvalue weighted by atomic mass is 9.72. The van der Waals surface area contributed by atoms with Crippen LogP contribution < -0.4 is 0 Å². The zero-order valence-corrected chi connectivity index (χ0v) is 42.8. The lowest BCUT2D eigenvalue weighted by Gasteiger charge is -2.53. The van der Waals surface area contributed by atoms with Crippen LogP contribution in [-0.2, 0) is 56.9 Å². The number of esters is 1. The van der Waals surface area contributed by atoms with Crippen molar-refractivity contribution in [1.29, 1.82) is 0 Å². The maximum Gasteiger partial charge on any atom is 0.330 e. The van der Waals surface area contributed by atoms with Crippen molar-refractivity contribution in [2.75, 3.05) is 33.5 Å². The molecule has 8 aliphatic rings. The summed E-state index contributed by atoms with van der Waals surface area (Å²) >= 11 is 0. The van der Waals surface area contributed by atoms with Gasteiger partial charge in [-0.05, 0) is 63.2 Å². The van der Waals surface area contributed by atoms with Gasteiger partial charge in [-0.15, -0.1) is 0 Å². The molecule has 29 nitrogen and oxygen atoms in total. The first kappa shape index (κ1) is 62.2. The summed E-state index contributed by atoms with van der Waals surface area (Å²) in [6.07, 6.45) is -38.1. The van der Waals surface area contributed by atoms with E-state index in [1.165, 1.54) is 13.2 Å². The molecule has 5 heterocycles. The van der Waals surface area contributed by atoms with Crippen LogP contribution in [0.5, 0.6) is 0 Å². The number of aliphatic hydroxyl groups is 17. The van der Waals surface area contributed by atoms with Crippen molar-refractivity contribution in [3.05, 3.63) is 12.2 Å². The van der Waals surface area contributed by atoms with Crippen LogP contribution in [0, 0.1) is 17.8 Å². The maximum absolute atomic E-state index is 13.3. The lowest BCUT2D eigenvalue weighted by Crippen LogP contribution is -2.66. The van der Waals surface area contributed by atoms with Gasteiger partial charge >= 0.3 is 5.97 Å². The molecule has 32 atom stereocenters. The number of carbonyl (C=O) groups is 1. The van der Waals surface area contributed by atoms with E-state index in [9.17, 15) is 91.6 Å². The van der Waals surface area contributed by atoms with E-state index in [1.54, 1.807) is 0 Å². The summed E-state index contributed by atoms with van der Waals surface area (Å²) < 4.78 is 65.7. The van der Waals surface area contributed by atoms with Crippen molar-refractivity contribution in [2.45, 2.75) is 236 Å². The molecule has 17 N–H and O–H groups in total. The molecule has 5 aliphatic heterocycles. The van der Waals surface area contributed by atoms with E-state index in [4.69, 9.17) is 52.1 Å². The minimum atomic E-state index is -2.01. The first-order valence-electron chi connectivity index (χ1n) is 26.8. The highest BCUT2D eigenvalue weighted by atomic mass is 16.8. The van der Waals surface area contributed by atoms with E-state index in [0.717, 1.165) is 6.08 Å². The monoisotopic (exact) mass is 1130 g/mol. The zero-order chi connectivity index (χ0) is 56.4. The highest BCUT2D eigenvalue weighted by molar-refractivity contribution is 5.81. The lowest BCUT2D eigenvalue weighted by molar-refractivity contribution is -0.380. The quantitative estimate of drug-likeness (QED) is 0.0475. The smallest absolute Gasteiger partial charge is 0.330 e. The predicted octanol–water partition coefficient (Wildman–Crippen LogP) is -8.26. The van der Waals surface area contributed by atoms with E-state index < -0.39 is 228 Å². The number of allylic oxidation sites excluding steroid dienone is 1. The SMILES string of the molecule is COC1CC(C2OC3CC(O)CC(O[C@@H]4O[C@H](CO)[C@@H](O)[C@H](O)[C@H]4O)C3CC2O[C@@H]2O[C@H](COC(=O)C=CC3CCC(O[C@@H]4O[C@H](CO)[C@@H](O)[C@H](O)[C@H]4O)C(O)C3)[C@@H](O)[C@H](O)[C@H]2O[C@@H]2O[C@H](CO)[C@@H](O)[C@H](O)[C@H]2O)CCC1O. The van der Waals surface area contributed by atoms with Gasteiger partial charge in [0.25, 0.3) is 0 Å². The van der Waals surface area contributed by atoms with Gasteiger partial charge in [0.05, 0.1) is 74.8 Å². The van der Waals surface area contributed by atoms with Crippen LogP contribution in [0.3, 0.4) is 0 Å². The Morgan fingerprint density at radius 2 is 1.00 bits per heavy atom. The normalized spacial score (nSPS) is 51.5. The van der Waals surface area contributed by atoms with Gasteiger partial charge in [-0.25, -0.2) is 4.79 Å². The van der Waals surface area contributed by atoms with Crippen molar-refractivity contribution in [1.82, 2.24) is 0 Å². The molecule has 0 amide bonds. The zero-order valence-electron chi connectivity index (χ0n) is 42.8. The van der Waals surface area contributed by atoms with E-state index in [0.29, 0.717) is 12.8 Å². The molecule has 0 aromatic rings. The van der Waals surface area contributed by atoms with Gasteiger partial charge in [0.1, 0.15) is 104 Å². The number of rotatable bonds is 17. The second kappa shape index (κ2) is 27.2. The van der Waals surface area contributed by atoms with Gasteiger partial charge in [-0.2, -0.15) is 0 Å². The molecule has 78 heavy (non-hydrogen) atoms. The number of ether oxygens (including phenoxy) is 11. The van der Waals surface area contributed by atoms with Crippen molar-refractivity contribution in [3.63, 3.8) is 0 Å². The second-order valence-electron chi connectivity index (χ2n) is 21.9. The van der Waals surface area contributed by atoms with Crippen LogP contribution in [0.4, 0.5) is 0 Å². The standard InChI is InChI=1S/C49H80O29/c1-68-26-9-18(4-5-21(26)54)44-27(12-20-24(70-44)10-19(53)11-25(20)72-47-42(66)38(62)34(58)29(14-51)75-47)73-49-45(78-48-43(67)39(63)35(59)30(15-52)76-48)40(64)36(60)31(77-49)16-69-32(56)7-3-17-2-6-23(22(55)8-17)71-46-41(65)37(61)33(57)28(13-50)74-46/h3,7,17-31,33-55,57-67H,2,4-6,8-16H2,1H3/t17?,18?,19?,20?,21?,22?,23?,24?,25?,26?,27?,28-,29-,30-,31-,33-,34-,35-,36-,37+,38+,39+,40+,41-,42-,43-,44?,45-,46-,47-,48+,49-/m1/s1. The van der Waals surface area contributed by atoms with E-state index >= 15 is 0 Å². The first-order valence-corrected chi connectivity index (χ1v) is 26.8. The van der Waals surface area contributed by atoms with Gasteiger partial charge in [-0.3, -0.25) is 0 Å². The Bertz CT molecular complexity index is 1900. The van der Waals surface area contributed by atoms with E-state index in [1.807, 2.05) is 0 Å². The third-order valence-corrected chi connectivity index (χ3v) is 16.8. The summed E-state index contributed by atoms with van der Waals surface area (Å²) in [7, 11) is 1.44. The van der Waals surface area contributed by atoms with Gasteiger partial charge < -0.3 is 139 Å². The number of methoxy groups -OCH3 is 1. The fraction of sp³-hybridized carbons (Fsp3) is 0.939. The molecule has 8 fully saturated rings. The number of fused-ring (bicyclic) bond motifs is 1. The van der Waals surface area contributed by atoms with Crippen LogP contribution in [0.1, 0.15) is 57.8 Å². The summed E-state index contributed by atoms with van der Waals surface area (Å²) in [5, 5.41) is 180. The Balaban J connectivity index is 0.999. The van der Waals surface area contributed by atoms with Gasteiger partial charge in [-0.1, -0.05) is 6.08 Å². The van der Waals surface area contributed by atoms with E-state index in [2.05, 4.69) is 0 Å². The minimum absolute atomic E-state index is 0.00700. The number of carbonyl (C=O) groups excluding carboxylic acids is 1. The average Bonchev–Trinajstić information content (AvgIpc) is 3.44. The number of hydrogen-bond acceptors (Lipinski definition) is 29. The molecule has 0 aromatic heterocycles. The van der Waals surface area contributed by atoms with Crippen molar-refractivity contribution in [3.8, 4) is 0 Å². The molecule has 0 spiro atoms. The van der Waals surface area contributed by atoms with Crippen LogP contribution in [0.25, 0.3) is 0 Å². The molecule has 3 saturated carbocycles. The Morgan fingerprint density at radius 1 is 0.474 bits per heavy atom. The first-order chi connectivity index (χ1) is 37.2. The molecule has 0 radical (unpaired) electrons. The molecular weight excluding hydrogens is 1050 g/mol.